The van der Waals surface area contributed by atoms with E-state index < -0.39 is 0 Å². The van der Waals surface area contributed by atoms with Crippen LogP contribution in [0.4, 0.5) is 11.4 Å². The van der Waals surface area contributed by atoms with Gasteiger partial charge >= 0.3 is 0 Å². The highest BCUT2D eigenvalue weighted by atomic mass is 32.1. The van der Waals surface area contributed by atoms with Gasteiger partial charge in [-0.05, 0) is 36.6 Å². The smallest absolute Gasteiger partial charge is 0.122 e. The summed E-state index contributed by atoms with van der Waals surface area (Å²) in [5, 5.41) is 3.43. The monoisotopic (exact) mass is 271 g/mol. The molecule has 2 aromatic rings. The molecule has 1 heterocycles. The van der Waals surface area contributed by atoms with Crippen LogP contribution in [-0.2, 0) is 6.42 Å². The molecule has 0 aliphatic rings. The molecule has 0 fully saturated rings. The number of rotatable bonds is 4. The van der Waals surface area contributed by atoms with Crippen molar-refractivity contribution in [1.82, 2.24) is 4.98 Å². The minimum absolute atomic E-state index is 0.309. The maximum Gasteiger partial charge on any atom is 0.122 e. The largest absolute Gasteiger partial charge is 0.388 e. The van der Waals surface area contributed by atoms with E-state index in [1.807, 2.05) is 12.1 Å². The molecule has 1 aromatic heterocycles. The van der Waals surface area contributed by atoms with Crippen molar-refractivity contribution in [2.24, 2.45) is 5.73 Å². The van der Waals surface area contributed by atoms with Crippen molar-refractivity contribution in [3.8, 4) is 0 Å². The van der Waals surface area contributed by atoms with E-state index in [1.54, 1.807) is 6.20 Å². The Labute approximate surface area is 118 Å². The van der Waals surface area contributed by atoms with Gasteiger partial charge in [0.1, 0.15) is 4.99 Å². The number of benzene rings is 1. The second-order valence-corrected chi connectivity index (χ2v) is 4.82. The Kier molecular flexibility index (Phi) is 4.12. The maximum atomic E-state index is 5.60. The van der Waals surface area contributed by atoms with Crippen LogP contribution in [0.2, 0.25) is 0 Å². The highest BCUT2D eigenvalue weighted by Crippen LogP contribution is 2.25. The molecule has 1 aromatic carbocycles. The van der Waals surface area contributed by atoms with E-state index >= 15 is 0 Å². The van der Waals surface area contributed by atoms with Crippen molar-refractivity contribution in [2.45, 2.75) is 20.3 Å². The fourth-order valence-corrected chi connectivity index (χ4v) is 2.10. The van der Waals surface area contributed by atoms with Gasteiger partial charge in [-0.15, -0.1) is 0 Å². The Morgan fingerprint density at radius 3 is 2.84 bits per heavy atom. The van der Waals surface area contributed by atoms with E-state index in [1.165, 1.54) is 11.1 Å². The molecule has 0 aliphatic heterocycles. The summed E-state index contributed by atoms with van der Waals surface area (Å²) in [7, 11) is 0. The lowest BCUT2D eigenvalue weighted by atomic mass is 10.1. The van der Waals surface area contributed by atoms with Crippen molar-refractivity contribution < 1.29 is 0 Å². The topological polar surface area (TPSA) is 50.9 Å². The first kappa shape index (κ1) is 13.5. The number of hydrogen-bond donors (Lipinski definition) is 2. The third-order valence-corrected chi connectivity index (χ3v) is 3.23. The summed E-state index contributed by atoms with van der Waals surface area (Å²) in [5.41, 5.74) is 10.8. The van der Waals surface area contributed by atoms with Crippen LogP contribution in [0.1, 0.15) is 23.7 Å². The van der Waals surface area contributed by atoms with Crippen molar-refractivity contribution in [2.75, 3.05) is 5.32 Å². The minimum atomic E-state index is 0.309. The number of thiocarbonyl (C=S) groups is 1. The van der Waals surface area contributed by atoms with Crippen LogP contribution in [0.3, 0.4) is 0 Å². The van der Waals surface area contributed by atoms with Crippen LogP contribution in [0, 0.1) is 6.92 Å². The average molecular weight is 271 g/mol. The predicted molar refractivity (Wildman–Crippen MR) is 84.0 cm³/mol. The fourth-order valence-electron chi connectivity index (χ4n) is 1.99. The molecule has 3 N–H and O–H groups in total. The summed E-state index contributed by atoms with van der Waals surface area (Å²) in [5.74, 6) is 0. The third-order valence-electron chi connectivity index (χ3n) is 3.02. The zero-order valence-corrected chi connectivity index (χ0v) is 11.9. The number of nitrogens with two attached hydrogens (primary N) is 1. The van der Waals surface area contributed by atoms with E-state index in [9.17, 15) is 0 Å². The fraction of sp³-hybridized carbons (Fsp3) is 0.200. The molecule has 98 valence electrons. The van der Waals surface area contributed by atoms with Crippen LogP contribution >= 0.6 is 12.2 Å². The van der Waals surface area contributed by atoms with Gasteiger partial charge in [-0.2, -0.15) is 0 Å². The van der Waals surface area contributed by atoms with E-state index in [-0.39, 0.29) is 0 Å². The summed E-state index contributed by atoms with van der Waals surface area (Å²) < 4.78 is 0. The zero-order valence-electron chi connectivity index (χ0n) is 11.1. The Bertz CT molecular complexity index is 608. The Hall–Kier alpha value is -1.94. The normalized spacial score (nSPS) is 10.2. The lowest BCUT2D eigenvalue weighted by Crippen LogP contribution is -2.11. The second-order valence-electron chi connectivity index (χ2n) is 4.38. The van der Waals surface area contributed by atoms with Crippen LogP contribution in [0.5, 0.6) is 0 Å². The summed E-state index contributed by atoms with van der Waals surface area (Å²) in [6.07, 6.45) is 2.69. The Morgan fingerprint density at radius 2 is 2.16 bits per heavy atom. The first-order valence-corrected chi connectivity index (χ1v) is 6.64. The summed E-state index contributed by atoms with van der Waals surface area (Å²) in [6, 6.07) is 10.1. The minimum Gasteiger partial charge on any atom is -0.388 e. The van der Waals surface area contributed by atoms with E-state index in [4.69, 9.17) is 18.0 Å². The van der Waals surface area contributed by atoms with Gasteiger partial charge in [0, 0.05) is 17.6 Å². The Morgan fingerprint density at radius 1 is 1.37 bits per heavy atom. The molecular weight excluding hydrogens is 254 g/mol. The number of nitrogens with one attached hydrogen (secondary N) is 1. The maximum absolute atomic E-state index is 5.60. The lowest BCUT2D eigenvalue weighted by Gasteiger charge is -2.14. The number of pyridine rings is 1. The number of para-hydroxylation sites is 1. The van der Waals surface area contributed by atoms with Crippen molar-refractivity contribution in [3.05, 3.63) is 53.3 Å². The summed E-state index contributed by atoms with van der Waals surface area (Å²) >= 11 is 4.95. The number of hydrogen-bond acceptors (Lipinski definition) is 3. The van der Waals surface area contributed by atoms with Gasteiger partial charge in [0.15, 0.2) is 0 Å². The van der Waals surface area contributed by atoms with Crippen molar-refractivity contribution in [1.29, 1.82) is 0 Å². The molecule has 3 nitrogen and oxygen atoms in total. The molecule has 0 spiro atoms. The number of aromatic nitrogens is 1. The highest BCUT2D eigenvalue weighted by molar-refractivity contribution is 7.80. The van der Waals surface area contributed by atoms with Crippen molar-refractivity contribution >= 4 is 28.6 Å². The Balaban J connectivity index is 2.36. The molecule has 0 saturated heterocycles. The molecule has 0 unspecified atom stereocenters. The van der Waals surface area contributed by atoms with Crippen molar-refractivity contribution in [3.63, 3.8) is 0 Å². The second kappa shape index (κ2) is 5.80. The first-order chi connectivity index (χ1) is 9.11. The van der Waals surface area contributed by atoms with Crippen LogP contribution in [0.25, 0.3) is 0 Å². The number of nitrogens with zero attached hydrogens (tertiary/aromatic N) is 1. The van der Waals surface area contributed by atoms with Gasteiger partial charge in [-0.1, -0.05) is 37.3 Å². The van der Waals surface area contributed by atoms with Crippen LogP contribution < -0.4 is 11.1 Å². The van der Waals surface area contributed by atoms with E-state index in [2.05, 4.69) is 42.3 Å². The number of anilines is 2. The van der Waals surface area contributed by atoms with Gasteiger partial charge in [0.05, 0.1) is 5.69 Å². The first-order valence-electron chi connectivity index (χ1n) is 6.23. The van der Waals surface area contributed by atoms with Gasteiger partial charge < -0.3 is 11.1 Å². The van der Waals surface area contributed by atoms with Crippen LogP contribution in [-0.4, -0.2) is 9.97 Å². The zero-order chi connectivity index (χ0) is 13.8. The van der Waals surface area contributed by atoms with Crippen LogP contribution in [0.15, 0.2) is 36.5 Å². The quantitative estimate of drug-likeness (QED) is 0.837. The van der Waals surface area contributed by atoms with Gasteiger partial charge in [-0.25, -0.2) is 0 Å². The third kappa shape index (κ3) is 3.09. The van der Waals surface area contributed by atoms with Gasteiger partial charge in [0.2, 0.25) is 0 Å². The molecule has 0 aliphatic carbocycles. The van der Waals surface area contributed by atoms with Gasteiger partial charge in [-0.3, -0.25) is 4.98 Å². The van der Waals surface area contributed by atoms with E-state index in [0.717, 1.165) is 17.8 Å². The predicted octanol–water partition coefficient (Wildman–Crippen LogP) is 3.33. The molecule has 0 atom stereocenters. The van der Waals surface area contributed by atoms with Gasteiger partial charge in [0.25, 0.3) is 0 Å². The molecule has 0 amide bonds. The molecule has 0 bridgehead atoms. The molecule has 2 rings (SSSR count). The molecule has 0 radical (unpaired) electrons. The summed E-state index contributed by atoms with van der Waals surface area (Å²) in [4.78, 5) is 4.45. The standard InChI is InChI=1S/C15H17N3S/c1-3-11-6-4-5-10(2)14(11)18-12-7-8-17-13(9-12)15(16)19/h4-9H,3H2,1-2H3,(H2,16,19)(H,17,18). The molecule has 4 heteroatoms. The molecule has 19 heavy (non-hydrogen) atoms. The lowest BCUT2D eigenvalue weighted by molar-refractivity contribution is 1.13. The summed E-state index contributed by atoms with van der Waals surface area (Å²) in [6.45, 7) is 4.24. The number of aryl methyl sites for hydroxylation is 2. The molecule has 0 saturated carbocycles. The highest BCUT2D eigenvalue weighted by Gasteiger charge is 2.06. The molecular formula is C15H17N3S. The SMILES string of the molecule is CCc1cccc(C)c1Nc1ccnc(C(N)=S)c1. The van der Waals surface area contributed by atoms with E-state index in [0.29, 0.717) is 10.7 Å². The average Bonchev–Trinajstić information content (AvgIpc) is 2.41.